The number of rotatable bonds is 9. The van der Waals surface area contributed by atoms with Crippen molar-refractivity contribution >= 4 is 0 Å². The molecule has 0 aliphatic carbocycles. The lowest BCUT2D eigenvalue weighted by Gasteiger charge is -2.13. The number of likely N-dealkylation sites (N-methyl/N-ethyl adjacent to an activating group) is 1. The lowest BCUT2D eigenvalue weighted by atomic mass is 10.2. The fourth-order valence-electron chi connectivity index (χ4n) is 1.65. The van der Waals surface area contributed by atoms with Crippen molar-refractivity contribution in [3.63, 3.8) is 0 Å². The summed E-state index contributed by atoms with van der Waals surface area (Å²) in [6, 6.07) is 5.63. The molecule has 0 bridgehead atoms. The first kappa shape index (κ1) is 15.8. The minimum atomic E-state index is -0.486. The molecule has 108 valence electrons. The zero-order valence-electron chi connectivity index (χ0n) is 11.8. The third kappa shape index (κ3) is 5.46. The lowest BCUT2D eigenvalue weighted by Crippen LogP contribution is -2.30. The molecule has 0 heterocycles. The summed E-state index contributed by atoms with van der Waals surface area (Å²) in [6.07, 6.45) is -0.486. The van der Waals surface area contributed by atoms with Crippen LogP contribution in [0.25, 0.3) is 0 Å². The molecule has 2 N–H and O–H groups in total. The summed E-state index contributed by atoms with van der Waals surface area (Å²) in [4.78, 5) is 0. The summed E-state index contributed by atoms with van der Waals surface area (Å²) in [7, 11) is 3.20. The number of hydrogen-bond donors (Lipinski definition) is 2. The van der Waals surface area contributed by atoms with Crippen LogP contribution < -0.4 is 14.8 Å². The van der Waals surface area contributed by atoms with Crippen molar-refractivity contribution in [3.8, 4) is 11.5 Å². The first-order chi connectivity index (χ1) is 9.21. The molecule has 1 unspecified atom stereocenters. The van der Waals surface area contributed by atoms with Gasteiger partial charge in [0, 0.05) is 6.54 Å². The third-order valence-electron chi connectivity index (χ3n) is 2.66. The van der Waals surface area contributed by atoms with Crippen LogP contribution in [0.15, 0.2) is 18.2 Å². The van der Waals surface area contributed by atoms with Gasteiger partial charge in [-0.2, -0.15) is 0 Å². The summed E-state index contributed by atoms with van der Waals surface area (Å²) in [5.41, 5.74) is 0.980. The van der Waals surface area contributed by atoms with Gasteiger partial charge in [0.15, 0.2) is 11.5 Å². The molecule has 0 aromatic heterocycles. The monoisotopic (exact) mass is 269 g/mol. The average molecular weight is 269 g/mol. The molecule has 1 aromatic carbocycles. The Labute approximate surface area is 114 Å². The van der Waals surface area contributed by atoms with Crippen LogP contribution in [-0.4, -0.2) is 45.1 Å². The van der Waals surface area contributed by atoms with E-state index in [1.807, 2.05) is 25.1 Å². The highest BCUT2D eigenvalue weighted by molar-refractivity contribution is 5.42. The second kappa shape index (κ2) is 8.74. The van der Waals surface area contributed by atoms with E-state index in [0.29, 0.717) is 31.3 Å². The maximum atomic E-state index is 9.61. The second-order valence-electron chi connectivity index (χ2n) is 4.17. The van der Waals surface area contributed by atoms with Gasteiger partial charge in [-0.1, -0.05) is 13.0 Å². The van der Waals surface area contributed by atoms with Crippen molar-refractivity contribution in [1.82, 2.24) is 5.32 Å². The highest BCUT2D eigenvalue weighted by Gasteiger charge is 2.06. The zero-order chi connectivity index (χ0) is 14.1. The normalized spacial score (nSPS) is 12.2. The van der Waals surface area contributed by atoms with E-state index in [9.17, 15) is 5.11 Å². The van der Waals surface area contributed by atoms with Crippen molar-refractivity contribution in [2.75, 3.05) is 33.9 Å². The Bertz CT molecular complexity index is 370. The van der Waals surface area contributed by atoms with Crippen LogP contribution in [0.5, 0.6) is 11.5 Å². The Morgan fingerprint density at radius 3 is 2.58 bits per heavy atom. The zero-order valence-corrected chi connectivity index (χ0v) is 11.8. The molecule has 0 amide bonds. The highest BCUT2D eigenvalue weighted by Crippen LogP contribution is 2.27. The minimum absolute atomic E-state index is 0.307. The Hall–Kier alpha value is -1.30. The van der Waals surface area contributed by atoms with Crippen LogP contribution in [0.2, 0.25) is 0 Å². The molecular formula is C14H23NO4. The summed E-state index contributed by atoms with van der Waals surface area (Å²) >= 11 is 0. The van der Waals surface area contributed by atoms with Crippen LogP contribution in [0.3, 0.4) is 0 Å². The quantitative estimate of drug-likeness (QED) is 0.705. The van der Waals surface area contributed by atoms with Gasteiger partial charge in [-0.05, 0) is 24.2 Å². The SMILES string of the molecule is CCNCC(O)COCc1ccc(OC)c(OC)c1. The van der Waals surface area contributed by atoms with Crippen molar-refractivity contribution in [2.24, 2.45) is 0 Å². The molecule has 1 aromatic rings. The molecule has 1 atom stereocenters. The van der Waals surface area contributed by atoms with Crippen LogP contribution in [-0.2, 0) is 11.3 Å². The molecule has 5 nitrogen and oxygen atoms in total. The smallest absolute Gasteiger partial charge is 0.161 e. The molecule has 19 heavy (non-hydrogen) atoms. The molecule has 0 aliphatic heterocycles. The lowest BCUT2D eigenvalue weighted by molar-refractivity contribution is 0.0290. The van der Waals surface area contributed by atoms with Crippen molar-refractivity contribution in [3.05, 3.63) is 23.8 Å². The van der Waals surface area contributed by atoms with E-state index in [2.05, 4.69) is 5.32 Å². The fourth-order valence-corrected chi connectivity index (χ4v) is 1.65. The van der Waals surface area contributed by atoms with Gasteiger partial charge in [-0.3, -0.25) is 0 Å². The number of benzene rings is 1. The van der Waals surface area contributed by atoms with Crippen LogP contribution in [0.4, 0.5) is 0 Å². The van der Waals surface area contributed by atoms with Crippen molar-refractivity contribution in [2.45, 2.75) is 19.6 Å². The molecule has 0 fully saturated rings. The number of aliphatic hydroxyl groups excluding tert-OH is 1. The van der Waals surface area contributed by atoms with Crippen LogP contribution in [0, 0.1) is 0 Å². The fraction of sp³-hybridized carbons (Fsp3) is 0.571. The Balaban J connectivity index is 2.41. The van der Waals surface area contributed by atoms with Gasteiger partial charge >= 0.3 is 0 Å². The van der Waals surface area contributed by atoms with Gasteiger partial charge in [0.05, 0.1) is 33.5 Å². The average Bonchev–Trinajstić information content (AvgIpc) is 2.44. The summed E-state index contributed by atoms with van der Waals surface area (Å²) < 4.78 is 15.8. The van der Waals surface area contributed by atoms with Gasteiger partial charge < -0.3 is 24.6 Å². The van der Waals surface area contributed by atoms with Gasteiger partial charge in [0.2, 0.25) is 0 Å². The molecular weight excluding hydrogens is 246 g/mol. The van der Waals surface area contributed by atoms with E-state index in [0.717, 1.165) is 12.1 Å². The molecule has 0 radical (unpaired) electrons. The predicted molar refractivity (Wildman–Crippen MR) is 73.8 cm³/mol. The maximum absolute atomic E-state index is 9.61. The van der Waals surface area contributed by atoms with Gasteiger partial charge in [-0.15, -0.1) is 0 Å². The Morgan fingerprint density at radius 2 is 1.95 bits per heavy atom. The van der Waals surface area contributed by atoms with Crippen molar-refractivity contribution < 1.29 is 19.3 Å². The molecule has 0 saturated heterocycles. The first-order valence-corrected chi connectivity index (χ1v) is 6.38. The van der Waals surface area contributed by atoms with E-state index in [4.69, 9.17) is 14.2 Å². The van der Waals surface area contributed by atoms with E-state index < -0.39 is 6.10 Å². The number of hydrogen-bond acceptors (Lipinski definition) is 5. The molecule has 0 saturated carbocycles. The Morgan fingerprint density at radius 1 is 1.21 bits per heavy atom. The van der Waals surface area contributed by atoms with Gasteiger partial charge in [0.25, 0.3) is 0 Å². The molecule has 0 spiro atoms. The Kier molecular flexibility index (Phi) is 7.25. The standard InChI is InChI=1S/C14H23NO4/c1-4-15-8-12(16)10-19-9-11-5-6-13(17-2)14(7-11)18-3/h5-7,12,15-16H,4,8-10H2,1-3H3. The predicted octanol–water partition coefficient (Wildman–Crippen LogP) is 1.19. The van der Waals surface area contributed by atoms with Crippen molar-refractivity contribution in [1.29, 1.82) is 0 Å². The van der Waals surface area contributed by atoms with E-state index in [1.165, 1.54) is 0 Å². The maximum Gasteiger partial charge on any atom is 0.161 e. The largest absolute Gasteiger partial charge is 0.493 e. The topological polar surface area (TPSA) is 60.0 Å². The third-order valence-corrected chi connectivity index (χ3v) is 2.66. The number of methoxy groups -OCH3 is 2. The summed E-state index contributed by atoms with van der Waals surface area (Å²) in [6.45, 7) is 4.12. The first-order valence-electron chi connectivity index (χ1n) is 6.38. The van der Waals surface area contributed by atoms with Crippen LogP contribution in [0.1, 0.15) is 12.5 Å². The molecule has 0 aliphatic rings. The minimum Gasteiger partial charge on any atom is -0.493 e. The van der Waals surface area contributed by atoms with E-state index in [1.54, 1.807) is 14.2 Å². The summed E-state index contributed by atoms with van der Waals surface area (Å²) in [5, 5.41) is 12.7. The number of nitrogens with one attached hydrogen (secondary N) is 1. The van der Waals surface area contributed by atoms with E-state index in [-0.39, 0.29) is 0 Å². The molecule has 5 heteroatoms. The van der Waals surface area contributed by atoms with Crippen LogP contribution >= 0.6 is 0 Å². The van der Waals surface area contributed by atoms with Gasteiger partial charge in [-0.25, -0.2) is 0 Å². The second-order valence-corrected chi connectivity index (χ2v) is 4.17. The highest BCUT2D eigenvalue weighted by atomic mass is 16.5. The van der Waals surface area contributed by atoms with E-state index >= 15 is 0 Å². The summed E-state index contributed by atoms with van der Waals surface area (Å²) in [5.74, 6) is 1.37. The number of ether oxygens (including phenoxy) is 3. The van der Waals surface area contributed by atoms with Gasteiger partial charge in [0.1, 0.15) is 0 Å². The molecule has 1 rings (SSSR count). The number of aliphatic hydroxyl groups is 1.